The lowest BCUT2D eigenvalue weighted by molar-refractivity contribution is 0.317. The number of ether oxygens (including phenoxy) is 1. The van der Waals surface area contributed by atoms with Gasteiger partial charge in [-0.15, -0.1) is 0 Å². The molecule has 0 aliphatic heterocycles. The van der Waals surface area contributed by atoms with Crippen molar-refractivity contribution in [3.63, 3.8) is 0 Å². The number of hydrogen-bond acceptors (Lipinski definition) is 3. The maximum atomic E-state index is 8.64. The molecule has 2 rings (SSSR count). The fraction of sp³-hybridized carbons (Fsp3) is 0.188. The molecule has 0 unspecified atom stereocenters. The Labute approximate surface area is 123 Å². The van der Waals surface area contributed by atoms with Gasteiger partial charge in [0.15, 0.2) is 0 Å². The maximum Gasteiger partial charge on any atom is 0.127 e. The molecule has 0 spiro atoms. The summed E-state index contributed by atoms with van der Waals surface area (Å²) in [6.45, 7) is 1.80. The first kappa shape index (κ1) is 14.4. The molecule has 20 heavy (non-hydrogen) atoms. The zero-order chi connectivity index (χ0) is 14.4. The molecule has 0 aromatic heterocycles. The minimum absolute atomic E-state index is 0.685. The smallest absolute Gasteiger partial charge is 0.127 e. The SMILES string of the molecule is C/C(CCc1cccc(Oc2ccc(Cl)cc2)c1)=N\O. The van der Waals surface area contributed by atoms with Crippen LogP contribution in [-0.4, -0.2) is 10.9 Å². The molecule has 0 saturated heterocycles. The van der Waals surface area contributed by atoms with Crippen LogP contribution in [0.1, 0.15) is 18.9 Å². The summed E-state index contributed by atoms with van der Waals surface area (Å²) in [5.41, 5.74) is 1.86. The van der Waals surface area contributed by atoms with Gasteiger partial charge in [0, 0.05) is 5.02 Å². The van der Waals surface area contributed by atoms with Gasteiger partial charge in [-0.25, -0.2) is 0 Å². The molecule has 2 aromatic carbocycles. The van der Waals surface area contributed by atoms with Crippen molar-refractivity contribution < 1.29 is 9.94 Å². The molecule has 0 saturated carbocycles. The Morgan fingerprint density at radius 1 is 1.15 bits per heavy atom. The Morgan fingerprint density at radius 3 is 2.60 bits per heavy atom. The molecule has 0 radical (unpaired) electrons. The fourth-order valence-electron chi connectivity index (χ4n) is 1.78. The van der Waals surface area contributed by atoms with E-state index in [0.29, 0.717) is 10.7 Å². The van der Waals surface area contributed by atoms with Crippen LogP contribution in [-0.2, 0) is 6.42 Å². The van der Waals surface area contributed by atoms with Crippen molar-refractivity contribution >= 4 is 17.3 Å². The highest BCUT2D eigenvalue weighted by Crippen LogP contribution is 2.24. The van der Waals surface area contributed by atoms with Crippen LogP contribution < -0.4 is 4.74 Å². The summed E-state index contributed by atoms with van der Waals surface area (Å²) in [5.74, 6) is 1.53. The van der Waals surface area contributed by atoms with Gasteiger partial charge in [0.1, 0.15) is 11.5 Å². The monoisotopic (exact) mass is 289 g/mol. The van der Waals surface area contributed by atoms with E-state index in [-0.39, 0.29) is 0 Å². The Bertz CT molecular complexity index is 594. The van der Waals surface area contributed by atoms with E-state index in [4.69, 9.17) is 21.5 Å². The highest BCUT2D eigenvalue weighted by molar-refractivity contribution is 6.30. The molecular formula is C16H16ClNO2. The first-order valence-electron chi connectivity index (χ1n) is 6.37. The Morgan fingerprint density at radius 2 is 1.90 bits per heavy atom. The minimum atomic E-state index is 0.685. The summed E-state index contributed by atoms with van der Waals surface area (Å²) in [6.07, 6.45) is 1.54. The molecule has 2 aromatic rings. The van der Waals surface area contributed by atoms with Crippen LogP contribution in [0, 0.1) is 0 Å². The van der Waals surface area contributed by atoms with Crippen molar-refractivity contribution in [2.45, 2.75) is 19.8 Å². The van der Waals surface area contributed by atoms with Gasteiger partial charge in [-0.2, -0.15) is 0 Å². The highest BCUT2D eigenvalue weighted by atomic mass is 35.5. The van der Waals surface area contributed by atoms with E-state index in [1.165, 1.54) is 0 Å². The van der Waals surface area contributed by atoms with Crippen molar-refractivity contribution in [3.05, 3.63) is 59.1 Å². The van der Waals surface area contributed by atoms with Crippen LogP contribution >= 0.6 is 11.6 Å². The summed E-state index contributed by atoms with van der Waals surface area (Å²) in [6, 6.07) is 15.1. The van der Waals surface area contributed by atoms with Crippen LogP contribution in [0.2, 0.25) is 5.02 Å². The van der Waals surface area contributed by atoms with Gasteiger partial charge in [-0.05, 0) is 61.7 Å². The van der Waals surface area contributed by atoms with Gasteiger partial charge in [-0.1, -0.05) is 28.9 Å². The van der Waals surface area contributed by atoms with Gasteiger partial charge in [0.25, 0.3) is 0 Å². The van der Waals surface area contributed by atoms with E-state index in [0.717, 1.165) is 29.9 Å². The number of hydrogen-bond donors (Lipinski definition) is 1. The summed E-state index contributed by atoms with van der Waals surface area (Å²) < 4.78 is 5.77. The van der Waals surface area contributed by atoms with Crippen molar-refractivity contribution in [1.29, 1.82) is 0 Å². The second-order valence-electron chi connectivity index (χ2n) is 4.54. The molecule has 0 atom stereocenters. The number of oxime groups is 1. The lowest BCUT2D eigenvalue weighted by atomic mass is 10.1. The Balaban J connectivity index is 2.04. The second kappa shape index (κ2) is 6.96. The van der Waals surface area contributed by atoms with Crippen molar-refractivity contribution in [1.82, 2.24) is 0 Å². The largest absolute Gasteiger partial charge is 0.457 e. The van der Waals surface area contributed by atoms with E-state index in [9.17, 15) is 0 Å². The first-order chi connectivity index (χ1) is 9.67. The summed E-state index contributed by atoms with van der Waals surface area (Å²) >= 11 is 5.84. The lowest BCUT2D eigenvalue weighted by Crippen LogP contribution is -1.95. The Hall–Kier alpha value is -2.00. The Kier molecular flexibility index (Phi) is 5.02. The summed E-state index contributed by atoms with van der Waals surface area (Å²) in [5, 5.41) is 12.5. The third-order valence-corrected chi connectivity index (χ3v) is 3.15. The van der Waals surface area contributed by atoms with Crippen LogP contribution in [0.4, 0.5) is 0 Å². The third-order valence-electron chi connectivity index (χ3n) is 2.89. The van der Waals surface area contributed by atoms with E-state index in [2.05, 4.69) is 5.16 Å². The first-order valence-corrected chi connectivity index (χ1v) is 6.75. The lowest BCUT2D eigenvalue weighted by Gasteiger charge is -2.07. The molecule has 4 heteroatoms. The van der Waals surface area contributed by atoms with Crippen LogP contribution in [0.5, 0.6) is 11.5 Å². The molecule has 104 valence electrons. The van der Waals surface area contributed by atoms with Crippen molar-refractivity contribution in [2.24, 2.45) is 5.16 Å². The summed E-state index contributed by atoms with van der Waals surface area (Å²) in [7, 11) is 0. The van der Waals surface area contributed by atoms with E-state index in [1.54, 1.807) is 19.1 Å². The number of aryl methyl sites for hydroxylation is 1. The zero-order valence-corrected chi connectivity index (χ0v) is 12.0. The van der Waals surface area contributed by atoms with E-state index in [1.807, 2.05) is 36.4 Å². The average Bonchev–Trinajstić information content (AvgIpc) is 2.47. The maximum absolute atomic E-state index is 8.64. The molecule has 0 aliphatic rings. The number of rotatable bonds is 5. The molecule has 0 heterocycles. The van der Waals surface area contributed by atoms with Crippen LogP contribution in [0.15, 0.2) is 53.7 Å². The number of benzene rings is 2. The highest BCUT2D eigenvalue weighted by Gasteiger charge is 2.01. The topological polar surface area (TPSA) is 41.8 Å². The molecule has 0 fully saturated rings. The standard InChI is InChI=1S/C16H16ClNO2/c1-12(18-19)5-6-13-3-2-4-16(11-13)20-15-9-7-14(17)8-10-15/h2-4,7-11,19H,5-6H2,1H3/b18-12+. The van der Waals surface area contributed by atoms with Gasteiger partial charge in [0.2, 0.25) is 0 Å². The molecule has 0 bridgehead atoms. The normalized spacial score (nSPS) is 11.4. The molecular weight excluding hydrogens is 274 g/mol. The minimum Gasteiger partial charge on any atom is -0.457 e. The van der Waals surface area contributed by atoms with Gasteiger partial charge in [-0.3, -0.25) is 0 Å². The van der Waals surface area contributed by atoms with Crippen molar-refractivity contribution in [2.75, 3.05) is 0 Å². The fourth-order valence-corrected chi connectivity index (χ4v) is 1.90. The zero-order valence-electron chi connectivity index (χ0n) is 11.2. The van der Waals surface area contributed by atoms with Gasteiger partial charge >= 0.3 is 0 Å². The number of halogens is 1. The predicted octanol–water partition coefficient (Wildman–Crippen LogP) is 4.92. The molecule has 0 amide bonds. The third kappa shape index (κ3) is 4.28. The average molecular weight is 290 g/mol. The molecule has 3 nitrogen and oxygen atoms in total. The number of nitrogens with zero attached hydrogens (tertiary/aromatic N) is 1. The van der Waals surface area contributed by atoms with Gasteiger partial charge in [0.05, 0.1) is 5.71 Å². The van der Waals surface area contributed by atoms with Crippen LogP contribution in [0.25, 0.3) is 0 Å². The molecule has 1 N–H and O–H groups in total. The predicted molar refractivity (Wildman–Crippen MR) is 81.2 cm³/mol. The summed E-state index contributed by atoms with van der Waals surface area (Å²) in [4.78, 5) is 0. The van der Waals surface area contributed by atoms with Crippen LogP contribution in [0.3, 0.4) is 0 Å². The second-order valence-corrected chi connectivity index (χ2v) is 4.98. The molecule has 0 aliphatic carbocycles. The van der Waals surface area contributed by atoms with E-state index >= 15 is 0 Å². The quantitative estimate of drug-likeness (QED) is 0.482. The van der Waals surface area contributed by atoms with Gasteiger partial charge < -0.3 is 9.94 Å². The van der Waals surface area contributed by atoms with E-state index < -0.39 is 0 Å². The van der Waals surface area contributed by atoms with Crippen molar-refractivity contribution in [3.8, 4) is 11.5 Å².